The molecular weight excluding hydrogens is 400 g/mol. The first-order valence-electron chi connectivity index (χ1n) is 12.2. The molecule has 0 atom stereocenters. The van der Waals surface area contributed by atoms with E-state index in [1.165, 1.54) is 31.5 Å². The highest BCUT2D eigenvalue weighted by molar-refractivity contribution is 5.76. The van der Waals surface area contributed by atoms with Crippen LogP contribution in [0.5, 0.6) is 0 Å². The Morgan fingerprint density at radius 3 is 2.69 bits per heavy atom. The molecule has 0 aromatic carbocycles. The van der Waals surface area contributed by atoms with Crippen molar-refractivity contribution in [2.75, 3.05) is 36.8 Å². The maximum atomic E-state index is 9.86. The second-order valence-corrected chi connectivity index (χ2v) is 9.09. The number of unbranched alkanes of at least 4 members (excludes halogenated alkanes) is 1. The zero-order valence-corrected chi connectivity index (χ0v) is 19.8. The van der Waals surface area contributed by atoms with Gasteiger partial charge in [-0.25, -0.2) is 4.98 Å². The number of aromatic nitrogens is 2. The molecule has 1 saturated carbocycles. The van der Waals surface area contributed by atoms with E-state index in [2.05, 4.69) is 52.2 Å². The van der Waals surface area contributed by atoms with Crippen LogP contribution in [0.25, 0.3) is 5.70 Å². The number of nitrogens with zero attached hydrogens (tertiary/aromatic N) is 4. The molecule has 0 unspecified atom stereocenters. The normalized spacial score (nSPS) is 22.7. The van der Waals surface area contributed by atoms with Gasteiger partial charge in [-0.05, 0) is 77.8 Å². The predicted octanol–water partition coefficient (Wildman–Crippen LogP) is 4.49. The van der Waals surface area contributed by atoms with E-state index in [1.807, 2.05) is 12.3 Å². The summed E-state index contributed by atoms with van der Waals surface area (Å²) in [4.78, 5) is 16.1. The summed E-state index contributed by atoms with van der Waals surface area (Å²) in [6.07, 6.45) is 14.1. The van der Waals surface area contributed by atoms with Gasteiger partial charge in [0.2, 0.25) is 5.95 Å². The molecule has 0 spiro atoms. The van der Waals surface area contributed by atoms with E-state index in [4.69, 9.17) is 4.98 Å². The third-order valence-electron chi connectivity index (χ3n) is 6.28. The lowest BCUT2D eigenvalue weighted by Crippen LogP contribution is -2.29. The summed E-state index contributed by atoms with van der Waals surface area (Å²) in [5, 5.41) is 16.8. The number of hydrogen-bond donors (Lipinski definition) is 3. The van der Waals surface area contributed by atoms with E-state index < -0.39 is 0 Å². The van der Waals surface area contributed by atoms with Crippen molar-refractivity contribution in [2.45, 2.75) is 77.4 Å². The van der Waals surface area contributed by atoms with Gasteiger partial charge in [0.15, 0.2) is 0 Å². The van der Waals surface area contributed by atoms with E-state index in [9.17, 15) is 5.11 Å². The predicted molar refractivity (Wildman–Crippen MR) is 134 cm³/mol. The van der Waals surface area contributed by atoms with Crippen LogP contribution in [0.15, 0.2) is 28.9 Å². The minimum atomic E-state index is -0.182. The minimum Gasteiger partial charge on any atom is -0.393 e. The molecule has 7 nitrogen and oxygen atoms in total. The number of rotatable bonds is 11. The third-order valence-corrected chi connectivity index (χ3v) is 6.28. The molecule has 32 heavy (non-hydrogen) atoms. The summed E-state index contributed by atoms with van der Waals surface area (Å²) in [5.74, 6) is 1.41. The molecule has 7 heteroatoms. The molecule has 1 aliphatic heterocycles. The van der Waals surface area contributed by atoms with E-state index in [1.54, 1.807) is 0 Å². The van der Waals surface area contributed by atoms with E-state index in [-0.39, 0.29) is 12.1 Å². The first-order valence-corrected chi connectivity index (χ1v) is 12.2. The van der Waals surface area contributed by atoms with Crippen molar-refractivity contribution in [2.24, 2.45) is 4.99 Å². The third kappa shape index (κ3) is 7.41. The number of aliphatic hydroxyl groups excluding tert-OH is 1. The van der Waals surface area contributed by atoms with Gasteiger partial charge in [0, 0.05) is 25.3 Å². The summed E-state index contributed by atoms with van der Waals surface area (Å²) in [6.45, 7) is 12.4. The van der Waals surface area contributed by atoms with Gasteiger partial charge in [-0.15, -0.1) is 0 Å². The lowest BCUT2D eigenvalue weighted by molar-refractivity contribution is 0.126. The summed E-state index contributed by atoms with van der Waals surface area (Å²) in [6, 6.07) is 0.286. The monoisotopic (exact) mass is 440 g/mol. The van der Waals surface area contributed by atoms with Crippen LogP contribution in [0.1, 0.15) is 70.8 Å². The lowest BCUT2D eigenvalue weighted by atomic mass is 9.93. The fraction of sp³-hybridized carbons (Fsp3) is 0.640. The van der Waals surface area contributed by atoms with Crippen molar-refractivity contribution in [3.63, 3.8) is 0 Å². The second-order valence-electron chi connectivity index (χ2n) is 9.09. The van der Waals surface area contributed by atoms with Gasteiger partial charge in [-0.1, -0.05) is 25.0 Å². The molecule has 2 fully saturated rings. The van der Waals surface area contributed by atoms with Gasteiger partial charge < -0.3 is 15.7 Å². The first-order chi connectivity index (χ1) is 15.6. The number of aliphatic hydroxyl groups is 1. The van der Waals surface area contributed by atoms with Crippen LogP contribution in [-0.4, -0.2) is 65.0 Å². The molecular formula is C25H40N6O. The number of allylic oxidation sites excluding steroid dienone is 2. The molecule has 2 aliphatic rings. The van der Waals surface area contributed by atoms with Crippen LogP contribution in [0.2, 0.25) is 0 Å². The van der Waals surface area contributed by atoms with E-state index in [0.29, 0.717) is 5.95 Å². The largest absolute Gasteiger partial charge is 0.393 e. The number of likely N-dealkylation sites (tertiary alicyclic amines) is 1. The highest BCUT2D eigenvalue weighted by Gasteiger charge is 2.21. The average Bonchev–Trinajstić information content (AvgIpc) is 3.30. The average molecular weight is 441 g/mol. The molecule has 1 aromatic heterocycles. The summed E-state index contributed by atoms with van der Waals surface area (Å²) < 4.78 is 0. The van der Waals surface area contributed by atoms with Crippen LogP contribution in [0.3, 0.4) is 0 Å². The topological polar surface area (TPSA) is 85.7 Å². The number of anilines is 2. The molecule has 3 rings (SSSR count). The van der Waals surface area contributed by atoms with Gasteiger partial charge in [-0.2, -0.15) is 4.98 Å². The SMILES string of the molecule is C=N/C(=C\C=C(/C)CN1CCCC1)c1cnc(NCCCC)nc1NC1CCC(O)CC1. The maximum Gasteiger partial charge on any atom is 0.224 e. The molecule has 1 saturated heterocycles. The lowest BCUT2D eigenvalue weighted by Gasteiger charge is -2.27. The van der Waals surface area contributed by atoms with Crippen molar-refractivity contribution in [3.8, 4) is 0 Å². The molecule has 3 N–H and O–H groups in total. The van der Waals surface area contributed by atoms with E-state index >= 15 is 0 Å². The smallest absolute Gasteiger partial charge is 0.224 e. The second kappa shape index (κ2) is 12.7. The number of nitrogens with one attached hydrogen (secondary N) is 2. The fourth-order valence-corrected chi connectivity index (χ4v) is 4.35. The summed E-state index contributed by atoms with van der Waals surface area (Å²) in [7, 11) is 0. The van der Waals surface area contributed by atoms with Crippen molar-refractivity contribution in [3.05, 3.63) is 29.5 Å². The van der Waals surface area contributed by atoms with Gasteiger partial charge in [0.25, 0.3) is 0 Å². The minimum absolute atomic E-state index is 0.182. The van der Waals surface area contributed by atoms with Gasteiger partial charge in [0.05, 0.1) is 17.4 Å². The zero-order chi connectivity index (χ0) is 22.8. The van der Waals surface area contributed by atoms with Crippen molar-refractivity contribution in [1.29, 1.82) is 0 Å². The highest BCUT2D eigenvalue weighted by Crippen LogP contribution is 2.28. The van der Waals surface area contributed by atoms with Crippen LogP contribution in [0.4, 0.5) is 11.8 Å². The van der Waals surface area contributed by atoms with Crippen LogP contribution in [0, 0.1) is 0 Å². The molecule has 0 amide bonds. The quantitative estimate of drug-likeness (QED) is 0.267. The van der Waals surface area contributed by atoms with Crippen LogP contribution in [-0.2, 0) is 0 Å². The Morgan fingerprint density at radius 2 is 2.00 bits per heavy atom. The van der Waals surface area contributed by atoms with Gasteiger partial charge in [0.1, 0.15) is 5.82 Å². The summed E-state index contributed by atoms with van der Waals surface area (Å²) in [5.41, 5.74) is 2.93. The first kappa shape index (κ1) is 24.4. The molecule has 1 aromatic rings. The number of aliphatic imine (C=N–C) groups is 1. The Labute approximate surface area is 193 Å². The molecule has 0 bridgehead atoms. The Kier molecular flexibility index (Phi) is 9.68. The molecule has 176 valence electrons. The Morgan fingerprint density at radius 1 is 1.25 bits per heavy atom. The molecule has 0 radical (unpaired) electrons. The standard InChI is InChI=1S/C25H40N6O/c1-4-5-14-27-25-28-17-22(24(30-25)29-20-9-11-21(32)12-10-20)23(26-3)13-8-19(2)18-31-15-6-7-16-31/h8,13,17,20-21,32H,3-7,9-12,14-16,18H2,1-2H3,(H2,27,28,29,30)/b19-8+,23-13-. The Bertz CT molecular complexity index is 792. The Balaban J connectivity index is 1.79. The van der Waals surface area contributed by atoms with Gasteiger partial charge in [-0.3, -0.25) is 9.89 Å². The maximum absolute atomic E-state index is 9.86. The van der Waals surface area contributed by atoms with Gasteiger partial charge >= 0.3 is 0 Å². The van der Waals surface area contributed by atoms with Crippen LogP contribution < -0.4 is 10.6 Å². The Hall–Kier alpha value is -2.25. The summed E-state index contributed by atoms with van der Waals surface area (Å²) >= 11 is 0. The van der Waals surface area contributed by atoms with Crippen molar-refractivity contribution < 1.29 is 5.11 Å². The van der Waals surface area contributed by atoms with Crippen molar-refractivity contribution in [1.82, 2.24) is 14.9 Å². The zero-order valence-electron chi connectivity index (χ0n) is 19.8. The van der Waals surface area contributed by atoms with E-state index in [0.717, 1.165) is 68.7 Å². The van der Waals surface area contributed by atoms with Crippen molar-refractivity contribution >= 4 is 24.2 Å². The van der Waals surface area contributed by atoms with Crippen LogP contribution >= 0.6 is 0 Å². The fourth-order valence-electron chi connectivity index (χ4n) is 4.35. The highest BCUT2D eigenvalue weighted by atomic mass is 16.3. The number of hydrogen-bond acceptors (Lipinski definition) is 7. The molecule has 1 aliphatic carbocycles. The molecule has 2 heterocycles.